The van der Waals surface area contributed by atoms with Crippen molar-refractivity contribution < 1.29 is 9.53 Å². The second-order valence-electron chi connectivity index (χ2n) is 7.84. The highest BCUT2D eigenvalue weighted by atomic mass is 16.5. The third-order valence-electron chi connectivity index (χ3n) is 5.78. The predicted octanol–water partition coefficient (Wildman–Crippen LogP) is 5.73. The van der Waals surface area contributed by atoms with E-state index in [1.807, 2.05) is 80.6 Å². The number of esters is 1. The van der Waals surface area contributed by atoms with Crippen LogP contribution in [0.5, 0.6) is 0 Å². The van der Waals surface area contributed by atoms with Gasteiger partial charge < -0.3 is 10.1 Å². The number of allylic oxidation sites excluding steroid dienone is 2. The SMILES string of the molecule is COC(=O)C1=C(C)NC(c2ccc(-c3ccccc3)cc2)=C(C#N)C1c1ccc(C)cc1. The van der Waals surface area contributed by atoms with Crippen LogP contribution in [0.1, 0.15) is 29.5 Å². The largest absolute Gasteiger partial charge is 0.466 e. The molecule has 0 amide bonds. The Morgan fingerprint density at radius 2 is 1.47 bits per heavy atom. The number of nitriles is 1. The molecule has 3 aromatic carbocycles. The molecule has 3 aromatic rings. The lowest BCUT2D eigenvalue weighted by Crippen LogP contribution is -2.28. The number of dihydropyridines is 1. The van der Waals surface area contributed by atoms with Gasteiger partial charge in [-0.05, 0) is 36.1 Å². The molecule has 1 N–H and O–H groups in total. The van der Waals surface area contributed by atoms with Crippen LogP contribution < -0.4 is 5.32 Å². The normalized spacial score (nSPS) is 15.8. The smallest absolute Gasteiger partial charge is 0.336 e. The van der Waals surface area contributed by atoms with Gasteiger partial charge in [-0.25, -0.2) is 4.79 Å². The quantitative estimate of drug-likeness (QED) is 0.548. The first-order chi connectivity index (χ1) is 15.5. The predicted molar refractivity (Wildman–Crippen MR) is 126 cm³/mol. The van der Waals surface area contributed by atoms with Gasteiger partial charge in [0.25, 0.3) is 0 Å². The molecule has 4 rings (SSSR count). The summed E-state index contributed by atoms with van der Waals surface area (Å²) in [5.74, 6) is -0.940. The number of hydrogen-bond acceptors (Lipinski definition) is 4. The number of hydrogen-bond donors (Lipinski definition) is 1. The Balaban J connectivity index is 1.83. The van der Waals surface area contributed by atoms with Gasteiger partial charge in [0.1, 0.15) is 0 Å². The van der Waals surface area contributed by atoms with Crippen LogP contribution in [0.25, 0.3) is 16.8 Å². The van der Waals surface area contributed by atoms with E-state index in [0.717, 1.165) is 27.8 Å². The molecule has 1 aliphatic rings. The molecule has 1 aliphatic heterocycles. The molecule has 0 saturated carbocycles. The zero-order chi connectivity index (χ0) is 22.7. The third-order valence-corrected chi connectivity index (χ3v) is 5.78. The van der Waals surface area contributed by atoms with Crippen molar-refractivity contribution >= 4 is 11.7 Å². The highest BCUT2D eigenvalue weighted by Gasteiger charge is 2.35. The first-order valence-corrected chi connectivity index (χ1v) is 10.5. The van der Waals surface area contributed by atoms with Gasteiger partial charge in [-0.1, -0.05) is 84.4 Å². The molecule has 0 aromatic heterocycles. The van der Waals surface area contributed by atoms with Gasteiger partial charge in [-0.2, -0.15) is 5.26 Å². The summed E-state index contributed by atoms with van der Waals surface area (Å²) in [5, 5.41) is 13.5. The van der Waals surface area contributed by atoms with E-state index in [1.54, 1.807) is 0 Å². The van der Waals surface area contributed by atoms with Crippen LogP contribution in [0, 0.1) is 18.3 Å². The number of ether oxygens (including phenoxy) is 1. The van der Waals surface area contributed by atoms with Crippen molar-refractivity contribution in [2.45, 2.75) is 19.8 Å². The third kappa shape index (κ3) is 3.93. The van der Waals surface area contributed by atoms with Crippen molar-refractivity contribution in [3.63, 3.8) is 0 Å². The molecule has 4 heteroatoms. The monoisotopic (exact) mass is 420 g/mol. The number of carbonyl (C=O) groups is 1. The molecule has 32 heavy (non-hydrogen) atoms. The molecular weight excluding hydrogens is 396 g/mol. The van der Waals surface area contributed by atoms with Gasteiger partial charge in [0.15, 0.2) is 0 Å². The van der Waals surface area contributed by atoms with Crippen LogP contribution in [0.4, 0.5) is 0 Å². The second-order valence-corrected chi connectivity index (χ2v) is 7.84. The molecule has 1 atom stereocenters. The Kier molecular flexibility index (Phi) is 5.91. The number of benzene rings is 3. The average molecular weight is 421 g/mol. The Morgan fingerprint density at radius 3 is 2.06 bits per heavy atom. The first kappa shape index (κ1) is 21.1. The second kappa shape index (κ2) is 8.95. The van der Waals surface area contributed by atoms with E-state index in [4.69, 9.17) is 4.74 Å². The van der Waals surface area contributed by atoms with Crippen molar-refractivity contribution in [1.29, 1.82) is 5.26 Å². The average Bonchev–Trinajstić information content (AvgIpc) is 2.84. The van der Waals surface area contributed by atoms with E-state index < -0.39 is 11.9 Å². The highest BCUT2D eigenvalue weighted by Crippen LogP contribution is 2.41. The zero-order valence-electron chi connectivity index (χ0n) is 18.3. The fraction of sp³-hybridized carbons (Fsp3) is 0.143. The fourth-order valence-electron chi connectivity index (χ4n) is 4.11. The Bertz CT molecular complexity index is 1250. The zero-order valence-corrected chi connectivity index (χ0v) is 18.3. The van der Waals surface area contributed by atoms with Crippen molar-refractivity contribution in [3.8, 4) is 17.2 Å². The minimum Gasteiger partial charge on any atom is -0.466 e. The lowest BCUT2D eigenvalue weighted by Gasteiger charge is -2.29. The van der Waals surface area contributed by atoms with Crippen molar-refractivity contribution in [1.82, 2.24) is 5.32 Å². The van der Waals surface area contributed by atoms with E-state index in [9.17, 15) is 10.1 Å². The van der Waals surface area contributed by atoms with E-state index in [1.165, 1.54) is 7.11 Å². The van der Waals surface area contributed by atoms with E-state index in [-0.39, 0.29) is 0 Å². The van der Waals surface area contributed by atoms with E-state index >= 15 is 0 Å². The molecule has 0 aliphatic carbocycles. The number of methoxy groups -OCH3 is 1. The summed E-state index contributed by atoms with van der Waals surface area (Å²) < 4.78 is 5.07. The highest BCUT2D eigenvalue weighted by molar-refractivity contribution is 5.95. The standard InChI is InChI=1S/C28H24N2O2/c1-18-9-11-22(12-10-18)26-24(17-29)27(30-19(2)25(26)28(31)32-3)23-15-13-21(14-16-23)20-7-5-4-6-8-20/h4-16,26,30H,1-3H3. The summed E-state index contributed by atoms with van der Waals surface area (Å²) in [4.78, 5) is 12.7. The van der Waals surface area contributed by atoms with E-state index in [2.05, 4.69) is 23.5 Å². The van der Waals surface area contributed by atoms with Gasteiger partial charge in [0, 0.05) is 5.70 Å². The van der Waals surface area contributed by atoms with Gasteiger partial charge in [-0.3, -0.25) is 0 Å². The number of rotatable bonds is 4. The number of nitrogens with one attached hydrogen (secondary N) is 1. The summed E-state index contributed by atoms with van der Waals surface area (Å²) in [5.41, 5.74) is 7.46. The summed E-state index contributed by atoms with van der Waals surface area (Å²) >= 11 is 0. The van der Waals surface area contributed by atoms with Crippen LogP contribution in [-0.2, 0) is 9.53 Å². The fourth-order valence-corrected chi connectivity index (χ4v) is 4.11. The number of nitrogens with zero attached hydrogens (tertiary/aromatic N) is 1. The Morgan fingerprint density at radius 1 is 0.875 bits per heavy atom. The lowest BCUT2D eigenvalue weighted by atomic mass is 9.79. The molecule has 4 nitrogen and oxygen atoms in total. The van der Waals surface area contributed by atoms with Crippen molar-refractivity contribution in [2.24, 2.45) is 0 Å². The minimum atomic E-state index is -0.502. The maximum atomic E-state index is 12.7. The molecule has 1 heterocycles. The summed E-state index contributed by atoms with van der Waals surface area (Å²) in [7, 11) is 1.36. The molecule has 0 radical (unpaired) electrons. The molecule has 0 spiro atoms. The topological polar surface area (TPSA) is 62.1 Å². The summed E-state index contributed by atoms with van der Waals surface area (Å²) in [6.07, 6.45) is 0. The molecule has 0 bridgehead atoms. The summed E-state index contributed by atoms with van der Waals surface area (Å²) in [6, 6.07) is 28.5. The van der Waals surface area contributed by atoms with E-state index in [0.29, 0.717) is 22.5 Å². The van der Waals surface area contributed by atoms with Crippen molar-refractivity contribution in [3.05, 3.63) is 112 Å². The van der Waals surface area contributed by atoms with Crippen LogP contribution in [0.15, 0.2) is 95.7 Å². The molecule has 0 fully saturated rings. The van der Waals surface area contributed by atoms with Gasteiger partial charge >= 0.3 is 5.97 Å². The number of aryl methyl sites for hydroxylation is 1. The molecule has 0 saturated heterocycles. The number of carbonyl (C=O) groups excluding carboxylic acids is 1. The minimum absolute atomic E-state index is 0.438. The lowest BCUT2D eigenvalue weighted by molar-refractivity contribution is -0.136. The van der Waals surface area contributed by atoms with Crippen LogP contribution in [-0.4, -0.2) is 13.1 Å². The maximum Gasteiger partial charge on any atom is 0.336 e. The van der Waals surface area contributed by atoms with Crippen LogP contribution in [0.3, 0.4) is 0 Å². The summed E-state index contributed by atoms with van der Waals surface area (Å²) in [6.45, 7) is 3.86. The molecular formula is C28H24N2O2. The molecule has 158 valence electrons. The van der Waals surface area contributed by atoms with Crippen LogP contribution in [0.2, 0.25) is 0 Å². The van der Waals surface area contributed by atoms with Gasteiger partial charge in [0.2, 0.25) is 0 Å². The molecule has 1 unspecified atom stereocenters. The van der Waals surface area contributed by atoms with Gasteiger partial charge in [0.05, 0.1) is 35.9 Å². The van der Waals surface area contributed by atoms with Crippen molar-refractivity contribution in [2.75, 3.05) is 7.11 Å². The Hall–Kier alpha value is -4.10. The van der Waals surface area contributed by atoms with Gasteiger partial charge in [-0.15, -0.1) is 0 Å². The van der Waals surface area contributed by atoms with Crippen LogP contribution >= 0.6 is 0 Å². The Labute approximate surface area is 188 Å². The first-order valence-electron chi connectivity index (χ1n) is 10.5. The maximum absolute atomic E-state index is 12.7.